The van der Waals surface area contributed by atoms with Crippen molar-refractivity contribution in [3.63, 3.8) is 0 Å². The molecule has 0 spiro atoms. The van der Waals surface area contributed by atoms with E-state index >= 15 is 0 Å². The Morgan fingerprint density at radius 2 is 1.63 bits per heavy atom. The average molecular weight is 427 g/mol. The molecule has 0 aliphatic carbocycles. The van der Waals surface area contributed by atoms with Gasteiger partial charge in [0.15, 0.2) is 0 Å². The minimum atomic E-state index is -0.423. The van der Waals surface area contributed by atoms with Crippen molar-refractivity contribution in [2.45, 2.75) is 0 Å². The Hall–Kier alpha value is -1.95. The van der Waals surface area contributed by atoms with Crippen LogP contribution in [0.2, 0.25) is 15.1 Å². The molecule has 3 rings (SSSR count). The van der Waals surface area contributed by atoms with Gasteiger partial charge in [-0.1, -0.05) is 40.9 Å². The maximum absolute atomic E-state index is 12.4. The first-order valence-corrected chi connectivity index (χ1v) is 9.59. The van der Waals surface area contributed by atoms with Gasteiger partial charge in [-0.15, -0.1) is 0 Å². The van der Waals surface area contributed by atoms with Gasteiger partial charge in [-0.3, -0.25) is 9.59 Å². The van der Waals surface area contributed by atoms with Crippen LogP contribution in [0.3, 0.4) is 0 Å². The highest BCUT2D eigenvalue weighted by Gasteiger charge is 2.22. The molecule has 2 aromatic rings. The lowest BCUT2D eigenvalue weighted by Gasteiger charge is -2.36. The summed E-state index contributed by atoms with van der Waals surface area (Å²) < 4.78 is 0. The third-order valence-corrected chi connectivity index (χ3v) is 5.18. The number of nitrogens with one attached hydrogen (secondary N) is 1. The van der Waals surface area contributed by atoms with Crippen molar-refractivity contribution in [1.29, 1.82) is 0 Å². The van der Waals surface area contributed by atoms with Gasteiger partial charge < -0.3 is 15.1 Å². The molecule has 1 heterocycles. The number of nitrogens with zero attached hydrogens (tertiary/aromatic N) is 2. The number of halogens is 3. The number of anilines is 1. The molecule has 0 aromatic heterocycles. The van der Waals surface area contributed by atoms with Gasteiger partial charge in [-0.05, 0) is 36.4 Å². The summed E-state index contributed by atoms with van der Waals surface area (Å²) in [5.41, 5.74) is 1.29. The molecule has 27 heavy (non-hydrogen) atoms. The first kappa shape index (κ1) is 19.8. The van der Waals surface area contributed by atoms with E-state index in [1.807, 2.05) is 24.3 Å². The van der Waals surface area contributed by atoms with Crippen LogP contribution in [0.25, 0.3) is 0 Å². The Labute approximate surface area is 172 Å². The average Bonchev–Trinajstić information content (AvgIpc) is 2.68. The number of amides is 2. The van der Waals surface area contributed by atoms with E-state index in [0.717, 1.165) is 5.69 Å². The minimum absolute atomic E-state index is 0.0845. The molecule has 1 aliphatic rings. The summed E-state index contributed by atoms with van der Waals surface area (Å²) in [6.45, 7) is 2.50. The fourth-order valence-corrected chi connectivity index (χ4v) is 3.48. The van der Waals surface area contributed by atoms with Crippen LogP contribution in [0.5, 0.6) is 0 Å². The fourth-order valence-electron chi connectivity index (χ4n) is 2.92. The van der Waals surface area contributed by atoms with Crippen LogP contribution in [-0.2, 0) is 4.79 Å². The van der Waals surface area contributed by atoms with E-state index in [9.17, 15) is 9.59 Å². The maximum Gasteiger partial charge on any atom is 0.253 e. The number of hydrogen-bond donors (Lipinski definition) is 1. The molecular formula is C19H18Cl3N3O2. The maximum atomic E-state index is 12.4. The molecule has 0 unspecified atom stereocenters. The van der Waals surface area contributed by atoms with Crippen LogP contribution < -0.4 is 10.2 Å². The first-order valence-electron chi connectivity index (χ1n) is 8.45. The molecule has 0 atom stereocenters. The van der Waals surface area contributed by atoms with Gasteiger partial charge in [0.05, 0.1) is 17.1 Å². The molecular weight excluding hydrogens is 409 g/mol. The van der Waals surface area contributed by atoms with Crippen LogP contribution in [0, 0.1) is 0 Å². The van der Waals surface area contributed by atoms with E-state index < -0.39 is 5.91 Å². The molecule has 142 valence electrons. The second-order valence-electron chi connectivity index (χ2n) is 6.15. The monoisotopic (exact) mass is 425 g/mol. The van der Waals surface area contributed by atoms with E-state index in [4.69, 9.17) is 34.8 Å². The summed E-state index contributed by atoms with van der Waals surface area (Å²) in [7, 11) is 0. The van der Waals surface area contributed by atoms with Crippen LogP contribution in [0.4, 0.5) is 5.69 Å². The lowest BCUT2D eigenvalue weighted by molar-refractivity contribution is -0.130. The predicted octanol–water partition coefficient (Wildman–Crippen LogP) is 3.73. The van der Waals surface area contributed by atoms with Gasteiger partial charge in [-0.2, -0.15) is 0 Å². The topological polar surface area (TPSA) is 52.7 Å². The zero-order valence-corrected chi connectivity index (χ0v) is 16.7. The SMILES string of the molecule is O=C(NCC(=O)N1CCN(c2cccc(Cl)c2)CC1)c1cc(Cl)ccc1Cl. The smallest absolute Gasteiger partial charge is 0.253 e. The van der Waals surface area contributed by atoms with Gasteiger partial charge >= 0.3 is 0 Å². The fraction of sp³-hybridized carbons (Fsp3) is 0.263. The van der Waals surface area contributed by atoms with Crippen molar-refractivity contribution in [2.24, 2.45) is 0 Å². The number of benzene rings is 2. The third-order valence-electron chi connectivity index (χ3n) is 4.38. The van der Waals surface area contributed by atoms with Gasteiger partial charge in [0.2, 0.25) is 5.91 Å². The highest BCUT2D eigenvalue weighted by molar-refractivity contribution is 6.35. The molecule has 0 bridgehead atoms. The van der Waals surface area contributed by atoms with Crippen LogP contribution >= 0.6 is 34.8 Å². The van der Waals surface area contributed by atoms with Crippen LogP contribution in [0.1, 0.15) is 10.4 Å². The van der Waals surface area contributed by atoms with Crippen LogP contribution in [-0.4, -0.2) is 49.4 Å². The molecule has 1 saturated heterocycles. The standard InChI is InChI=1S/C19H18Cl3N3O2/c20-13-2-1-3-15(10-13)24-6-8-25(9-7-24)18(26)12-23-19(27)16-11-14(21)4-5-17(16)22/h1-5,10-11H,6-9,12H2,(H,23,27). The van der Waals surface area contributed by atoms with E-state index in [1.54, 1.807) is 17.0 Å². The molecule has 1 aliphatic heterocycles. The number of piperazine rings is 1. The predicted molar refractivity (Wildman–Crippen MR) is 109 cm³/mol. The second-order valence-corrected chi connectivity index (χ2v) is 7.43. The van der Waals surface area contributed by atoms with E-state index in [2.05, 4.69) is 10.2 Å². The van der Waals surface area contributed by atoms with Crippen molar-refractivity contribution in [2.75, 3.05) is 37.6 Å². The lowest BCUT2D eigenvalue weighted by Crippen LogP contribution is -2.51. The molecule has 0 radical (unpaired) electrons. The molecule has 8 heteroatoms. The molecule has 2 aromatic carbocycles. The largest absolute Gasteiger partial charge is 0.368 e. The number of carbonyl (C=O) groups is 2. The van der Waals surface area contributed by atoms with Gasteiger partial charge in [0.25, 0.3) is 5.91 Å². The number of rotatable bonds is 4. The molecule has 0 saturated carbocycles. The van der Waals surface area contributed by atoms with Crippen molar-refractivity contribution in [3.8, 4) is 0 Å². The Bertz CT molecular complexity index is 852. The number of carbonyl (C=O) groups excluding carboxylic acids is 2. The van der Waals surface area contributed by atoms with Gasteiger partial charge in [-0.25, -0.2) is 0 Å². The van der Waals surface area contributed by atoms with Crippen molar-refractivity contribution in [1.82, 2.24) is 10.2 Å². The highest BCUT2D eigenvalue weighted by Crippen LogP contribution is 2.21. The minimum Gasteiger partial charge on any atom is -0.368 e. The van der Waals surface area contributed by atoms with E-state index in [-0.39, 0.29) is 18.0 Å². The van der Waals surface area contributed by atoms with Crippen molar-refractivity contribution < 1.29 is 9.59 Å². The summed E-state index contributed by atoms with van der Waals surface area (Å²) in [4.78, 5) is 28.5. The highest BCUT2D eigenvalue weighted by atomic mass is 35.5. The third kappa shape index (κ3) is 5.06. The summed E-state index contributed by atoms with van der Waals surface area (Å²) in [6, 6.07) is 12.3. The number of hydrogen-bond acceptors (Lipinski definition) is 3. The zero-order chi connectivity index (χ0) is 19.4. The second kappa shape index (κ2) is 8.83. The van der Waals surface area contributed by atoms with Crippen LogP contribution in [0.15, 0.2) is 42.5 Å². The Kier molecular flexibility index (Phi) is 6.47. The quantitative estimate of drug-likeness (QED) is 0.810. The normalized spacial score (nSPS) is 14.2. The Morgan fingerprint density at radius 3 is 2.33 bits per heavy atom. The summed E-state index contributed by atoms with van der Waals surface area (Å²) in [6.07, 6.45) is 0. The zero-order valence-electron chi connectivity index (χ0n) is 14.4. The van der Waals surface area contributed by atoms with E-state index in [1.165, 1.54) is 6.07 Å². The van der Waals surface area contributed by atoms with Crippen molar-refractivity contribution in [3.05, 3.63) is 63.1 Å². The van der Waals surface area contributed by atoms with Crippen molar-refractivity contribution >= 4 is 52.3 Å². The first-order chi connectivity index (χ1) is 12.9. The molecule has 2 amide bonds. The molecule has 1 N–H and O–H groups in total. The van der Waals surface area contributed by atoms with Gasteiger partial charge in [0.1, 0.15) is 0 Å². The Balaban J connectivity index is 1.51. The summed E-state index contributed by atoms with van der Waals surface area (Å²) >= 11 is 17.9. The Morgan fingerprint density at radius 1 is 0.926 bits per heavy atom. The lowest BCUT2D eigenvalue weighted by atomic mass is 10.2. The van der Waals surface area contributed by atoms with E-state index in [0.29, 0.717) is 41.2 Å². The molecule has 5 nitrogen and oxygen atoms in total. The summed E-state index contributed by atoms with van der Waals surface area (Å²) in [5, 5.41) is 4.00. The summed E-state index contributed by atoms with van der Waals surface area (Å²) in [5.74, 6) is -0.555. The molecule has 1 fully saturated rings. The van der Waals surface area contributed by atoms with Gasteiger partial charge in [0, 0.05) is 41.9 Å².